The van der Waals surface area contributed by atoms with E-state index in [4.69, 9.17) is 32.7 Å². The van der Waals surface area contributed by atoms with E-state index in [1.165, 1.54) is 10.8 Å². The van der Waals surface area contributed by atoms with Crippen molar-refractivity contribution in [1.29, 1.82) is 0 Å². The van der Waals surface area contributed by atoms with Crippen LogP contribution in [0.25, 0.3) is 12.2 Å². The predicted octanol–water partition coefficient (Wildman–Crippen LogP) is 3.70. The van der Waals surface area contributed by atoms with E-state index in [9.17, 15) is 4.79 Å². The first-order valence-corrected chi connectivity index (χ1v) is 11.4. The fraction of sp³-hybridized carbons (Fsp3) is 0.435. The molecule has 2 aromatic rings. The second kappa shape index (κ2) is 9.36. The van der Waals surface area contributed by atoms with Crippen molar-refractivity contribution in [2.75, 3.05) is 25.6 Å². The van der Waals surface area contributed by atoms with Gasteiger partial charge in [-0.05, 0) is 49.4 Å². The van der Waals surface area contributed by atoms with Gasteiger partial charge in [-0.25, -0.2) is 4.79 Å². The summed E-state index contributed by atoms with van der Waals surface area (Å²) >= 11 is 12.2. The molecule has 1 aliphatic heterocycles. The van der Waals surface area contributed by atoms with Gasteiger partial charge in [-0.15, -0.1) is 23.2 Å². The van der Waals surface area contributed by atoms with Gasteiger partial charge in [0, 0.05) is 28.7 Å². The van der Waals surface area contributed by atoms with Crippen LogP contribution in [0.3, 0.4) is 0 Å². The number of nitrogens with one attached hydrogen (secondary N) is 1. The van der Waals surface area contributed by atoms with E-state index in [2.05, 4.69) is 17.1 Å². The molecule has 0 spiro atoms. The van der Waals surface area contributed by atoms with Gasteiger partial charge in [0.2, 0.25) is 0 Å². The Bertz CT molecular complexity index is 1030. The Morgan fingerprint density at radius 2 is 2.23 bits per heavy atom. The van der Waals surface area contributed by atoms with E-state index in [-0.39, 0.29) is 17.5 Å². The number of carbonyl (C=O) groups excluding carboxylic acids is 1. The molecule has 1 aromatic carbocycles. The van der Waals surface area contributed by atoms with E-state index in [1.54, 1.807) is 4.90 Å². The normalized spacial score (nSPS) is 19.9. The number of nitrogens with zero attached hydrogens (tertiary/aromatic N) is 1. The van der Waals surface area contributed by atoms with Gasteiger partial charge in [-0.1, -0.05) is 24.3 Å². The molecule has 7 heteroatoms. The molecule has 5 nitrogen and oxygen atoms in total. The number of ether oxygens (including phenoxy) is 2. The number of alkyl halides is 2. The van der Waals surface area contributed by atoms with Gasteiger partial charge in [-0.2, -0.15) is 0 Å². The number of benzene rings is 1. The van der Waals surface area contributed by atoms with Gasteiger partial charge in [0.15, 0.2) is 0 Å². The first-order valence-electron chi connectivity index (χ1n) is 10.4. The van der Waals surface area contributed by atoms with Crippen LogP contribution in [0.1, 0.15) is 42.6 Å². The summed E-state index contributed by atoms with van der Waals surface area (Å²) in [5.74, 6) is 1.33. The van der Waals surface area contributed by atoms with E-state index in [1.807, 2.05) is 31.2 Å². The average Bonchev–Trinajstić information content (AvgIpc) is 3.11. The minimum absolute atomic E-state index is 0.00222. The Morgan fingerprint density at radius 1 is 1.37 bits per heavy atom. The zero-order chi connectivity index (χ0) is 21.1. The first kappa shape index (κ1) is 21.1. The summed E-state index contributed by atoms with van der Waals surface area (Å²) in [5.41, 5.74) is 3.23. The molecule has 30 heavy (non-hydrogen) atoms. The Kier molecular flexibility index (Phi) is 6.59. The molecule has 2 unspecified atom stereocenters. The Labute approximate surface area is 186 Å². The van der Waals surface area contributed by atoms with Gasteiger partial charge in [0.1, 0.15) is 11.8 Å². The van der Waals surface area contributed by atoms with Gasteiger partial charge >= 0.3 is 6.09 Å². The van der Waals surface area contributed by atoms with Crippen LogP contribution < -0.4 is 15.3 Å². The molecule has 2 aliphatic rings. The predicted molar refractivity (Wildman–Crippen MR) is 120 cm³/mol. The van der Waals surface area contributed by atoms with Crippen LogP contribution in [0.5, 0.6) is 5.75 Å². The fourth-order valence-corrected chi connectivity index (χ4v) is 4.54. The monoisotopic (exact) mass is 448 g/mol. The second-order valence-corrected chi connectivity index (χ2v) is 8.41. The summed E-state index contributed by atoms with van der Waals surface area (Å²) in [5, 5.41) is 2.25. The molecule has 1 aromatic heterocycles. The van der Waals surface area contributed by atoms with Crippen molar-refractivity contribution < 1.29 is 14.3 Å². The molecular formula is C23H26Cl2N2O3. The third-order valence-corrected chi connectivity index (χ3v) is 6.09. The maximum Gasteiger partial charge on any atom is 0.410 e. The zero-order valence-corrected chi connectivity index (χ0v) is 18.5. The van der Waals surface area contributed by atoms with Crippen LogP contribution in [0.2, 0.25) is 0 Å². The molecule has 2 atom stereocenters. The zero-order valence-electron chi connectivity index (χ0n) is 17.0. The maximum absolute atomic E-state index is 12.8. The van der Waals surface area contributed by atoms with E-state index >= 15 is 0 Å². The number of aromatic nitrogens is 1. The first-order chi connectivity index (χ1) is 14.6. The largest absolute Gasteiger partial charge is 0.494 e. The topological polar surface area (TPSA) is 54.6 Å². The summed E-state index contributed by atoms with van der Waals surface area (Å²) in [6.45, 7) is 3.31. The van der Waals surface area contributed by atoms with Crippen molar-refractivity contribution in [1.82, 2.24) is 9.88 Å². The summed E-state index contributed by atoms with van der Waals surface area (Å²) in [4.78, 5) is 18.2. The second-order valence-electron chi connectivity index (χ2n) is 7.48. The van der Waals surface area contributed by atoms with Crippen molar-refractivity contribution in [3.8, 4) is 5.75 Å². The third kappa shape index (κ3) is 4.19. The van der Waals surface area contributed by atoms with Crippen molar-refractivity contribution >= 4 is 41.4 Å². The number of amides is 1. The number of halogens is 2. The van der Waals surface area contributed by atoms with Crippen LogP contribution in [0, 0.1) is 0 Å². The number of carbonyl (C=O) groups is 1. The van der Waals surface area contributed by atoms with Crippen molar-refractivity contribution in [3.05, 3.63) is 51.7 Å². The minimum Gasteiger partial charge on any atom is -0.494 e. The lowest BCUT2D eigenvalue weighted by Crippen LogP contribution is -2.42. The number of hydrogen-bond acceptors (Lipinski definition) is 3. The molecule has 160 valence electrons. The van der Waals surface area contributed by atoms with Gasteiger partial charge in [0.25, 0.3) is 0 Å². The summed E-state index contributed by atoms with van der Waals surface area (Å²) in [7, 11) is 0. The summed E-state index contributed by atoms with van der Waals surface area (Å²) in [6, 6.07) is 7.63. The standard InChI is InChI=1S/C23H26Cl2N2O3/c1-2-29-23(28)27-11-9-18-19-14-16(25)7-8-20(19)26-21(18)22(27)15-5-3-6-17(13-15)30-12-4-10-24/h3,5-6,8,13-14,16,22,26H,2,4,7,9-12H2,1H3. The van der Waals surface area contributed by atoms with Gasteiger partial charge in [-0.3, -0.25) is 4.90 Å². The highest BCUT2D eigenvalue weighted by atomic mass is 35.5. The Hall–Kier alpha value is -2.11. The smallest absolute Gasteiger partial charge is 0.410 e. The molecule has 4 rings (SSSR count). The van der Waals surface area contributed by atoms with E-state index < -0.39 is 0 Å². The lowest BCUT2D eigenvalue weighted by Gasteiger charge is -2.35. The highest BCUT2D eigenvalue weighted by Gasteiger charge is 2.35. The Morgan fingerprint density at radius 3 is 3.03 bits per heavy atom. The lowest BCUT2D eigenvalue weighted by atomic mass is 9.92. The number of rotatable bonds is 6. The highest BCUT2D eigenvalue weighted by Crippen LogP contribution is 2.34. The van der Waals surface area contributed by atoms with Crippen LogP contribution in [-0.4, -0.2) is 47.0 Å². The summed E-state index contributed by atoms with van der Waals surface area (Å²) < 4.78 is 11.2. The molecule has 0 fully saturated rings. The fourth-order valence-electron chi connectivity index (χ4n) is 4.21. The maximum atomic E-state index is 12.8. The van der Waals surface area contributed by atoms with Crippen LogP contribution in [0.15, 0.2) is 24.3 Å². The number of fused-ring (bicyclic) bond motifs is 3. The van der Waals surface area contributed by atoms with Crippen molar-refractivity contribution in [3.63, 3.8) is 0 Å². The van der Waals surface area contributed by atoms with Gasteiger partial charge in [0.05, 0.1) is 18.6 Å². The molecule has 0 bridgehead atoms. The van der Waals surface area contributed by atoms with Crippen LogP contribution in [0.4, 0.5) is 4.79 Å². The third-order valence-electron chi connectivity index (χ3n) is 5.52. The molecule has 1 aliphatic carbocycles. The quantitative estimate of drug-likeness (QED) is 0.541. The molecule has 2 heterocycles. The number of hydrogen-bond donors (Lipinski definition) is 1. The highest BCUT2D eigenvalue weighted by molar-refractivity contribution is 6.24. The number of aromatic amines is 1. The van der Waals surface area contributed by atoms with Crippen LogP contribution >= 0.6 is 23.2 Å². The van der Waals surface area contributed by atoms with Crippen molar-refractivity contribution in [2.45, 2.75) is 37.6 Å². The summed E-state index contributed by atoms with van der Waals surface area (Å²) in [6.07, 6.45) is 6.29. The molecular weight excluding hydrogens is 423 g/mol. The molecule has 0 saturated carbocycles. The molecule has 0 radical (unpaired) electrons. The van der Waals surface area contributed by atoms with Crippen LogP contribution in [-0.2, 0) is 11.2 Å². The minimum atomic E-state index is -0.308. The van der Waals surface area contributed by atoms with Crippen molar-refractivity contribution in [2.24, 2.45) is 0 Å². The Balaban J connectivity index is 1.78. The lowest BCUT2D eigenvalue weighted by molar-refractivity contribution is 0.0930. The molecule has 1 amide bonds. The molecule has 0 saturated heterocycles. The average molecular weight is 449 g/mol. The van der Waals surface area contributed by atoms with Gasteiger partial charge < -0.3 is 14.5 Å². The SMILES string of the molecule is CCOC(=O)N1CCc2c([nH]c3c2=CC(Cl)CC=3)C1c1cccc(OCCCCl)c1. The van der Waals surface area contributed by atoms with E-state index in [0.717, 1.165) is 41.6 Å². The van der Waals surface area contributed by atoms with E-state index in [0.29, 0.717) is 25.6 Å². The number of H-pyrrole nitrogens is 1. The molecule has 1 N–H and O–H groups in total.